The van der Waals surface area contributed by atoms with Gasteiger partial charge in [0.15, 0.2) is 5.75 Å². The molecule has 228 valence electrons. The molecule has 7 nitrogen and oxygen atoms in total. The number of aryl methyl sites for hydroxylation is 1. The van der Waals surface area contributed by atoms with Gasteiger partial charge in [0.05, 0.1) is 10.0 Å². The number of amides is 1. The largest absolute Gasteiger partial charge is 0.490 e. The number of benzene rings is 3. The molecule has 5 rings (SSSR count). The number of rotatable bonds is 10. The second-order valence-corrected chi connectivity index (χ2v) is 11.2. The first-order valence-electron chi connectivity index (χ1n) is 14.1. The van der Waals surface area contributed by atoms with E-state index in [0.29, 0.717) is 24.9 Å². The lowest BCUT2D eigenvalue weighted by Crippen LogP contribution is -2.39. The molecule has 2 N–H and O–H groups in total. The van der Waals surface area contributed by atoms with Crippen LogP contribution in [0.2, 0.25) is 10.0 Å². The van der Waals surface area contributed by atoms with Crippen LogP contribution in [0.1, 0.15) is 41.5 Å². The van der Waals surface area contributed by atoms with E-state index in [4.69, 9.17) is 42.6 Å². The van der Waals surface area contributed by atoms with Crippen LogP contribution in [0.3, 0.4) is 0 Å². The maximum absolute atomic E-state index is 13.9. The number of carbonyl (C=O) groups excluding carboxylic acids is 1. The highest BCUT2D eigenvalue weighted by Crippen LogP contribution is 2.35. The van der Waals surface area contributed by atoms with Crippen LogP contribution in [0.15, 0.2) is 60.2 Å². The van der Waals surface area contributed by atoms with Crippen LogP contribution in [-0.4, -0.2) is 54.7 Å². The van der Waals surface area contributed by atoms with Crippen molar-refractivity contribution in [3.63, 3.8) is 0 Å². The molecule has 1 saturated carbocycles. The molecule has 3 aromatic rings. The third-order valence-corrected chi connectivity index (χ3v) is 8.11. The highest BCUT2D eigenvalue weighted by Gasteiger charge is 2.35. The topological polar surface area (TPSA) is 88.1 Å². The smallest absolute Gasteiger partial charge is 0.290 e. The van der Waals surface area contributed by atoms with Crippen LogP contribution >= 0.6 is 23.2 Å². The fourth-order valence-electron chi connectivity index (χ4n) is 5.02. The average Bonchev–Trinajstić information content (AvgIpc) is 3.83. The molecule has 3 aromatic carbocycles. The zero-order valence-electron chi connectivity index (χ0n) is 24.2. The summed E-state index contributed by atoms with van der Waals surface area (Å²) in [5.74, 6) is 0.521. The summed E-state index contributed by atoms with van der Waals surface area (Å²) in [5.41, 5.74) is 6.67. The molecule has 1 heterocycles. The van der Waals surface area contributed by atoms with Crippen LogP contribution in [0.5, 0.6) is 11.5 Å². The molecule has 43 heavy (non-hydrogen) atoms. The second-order valence-electron chi connectivity index (χ2n) is 10.4. The summed E-state index contributed by atoms with van der Waals surface area (Å²) in [6, 6.07) is 16.8. The van der Waals surface area contributed by atoms with Crippen molar-refractivity contribution in [1.82, 2.24) is 10.2 Å². The van der Waals surface area contributed by atoms with Gasteiger partial charge in [0.1, 0.15) is 24.8 Å². The number of nitrogens with one attached hydrogen (secondary N) is 1. The van der Waals surface area contributed by atoms with E-state index in [1.165, 1.54) is 16.7 Å². The second kappa shape index (κ2) is 15.2. The van der Waals surface area contributed by atoms with E-state index in [9.17, 15) is 9.18 Å². The summed E-state index contributed by atoms with van der Waals surface area (Å²) in [4.78, 5) is 24.4. The fourth-order valence-corrected chi connectivity index (χ4v) is 5.59. The SMILES string of the molecule is Cc1cccc(CN(C(=O)C2=C(c3ccc(OCCOc4c(Cl)cc(F)cc4Cl)cc3)CCNC2)C2CC2)c1C.O=CO. The molecule has 2 aliphatic rings. The molecule has 1 fully saturated rings. The standard InChI is InChI=1S/C32H33Cl2FN2O3.CH2O2/c1-20-4-3-5-23(21(20)2)19-37(25-8-9-25)32(38)28-18-36-13-12-27(28)22-6-10-26(11-7-22)39-14-15-40-31-29(33)16-24(35)17-30(31)34;2-1-3/h3-7,10-11,16-17,25,36H,8-9,12-15,18-19H2,1-2H3;1H,(H,2,3). The van der Waals surface area contributed by atoms with Gasteiger partial charge in [-0.1, -0.05) is 53.5 Å². The highest BCUT2D eigenvalue weighted by atomic mass is 35.5. The molecule has 0 aromatic heterocycles. The predicted octanol–water partition coefficient (Wildman–Crippen LogP) is 6.85. The van der Waals surface area contributed by atoms with Crippen LogP contribution in [0.25, 0.3) is 5.57 Å². The van der Waals surface area contributed by atoms with Gasteiger partial charge in [0.25, 0.3) is 12.4 Å². The Morgan fingerprint density at radius 2 is 1.72 bits per heavy atom. The first-order valence-corrected chi connectivity index (χ1v) is 14.9. The Hall–Kier alpha value is -3.59. The van der Waals surface area contributed by atoms with Gasteiger partial charge in [-0.15, -0.1) is 0 Å². The van der Waals surface area contributed by atoms with Gasteiger partial charge >= 0.3 is 0 Å². The molecule has 0 atom stereocenters. The van der Waals surface area contributed by atoms with Gasteiger partial charge < -0.3 is 24.8 Å². The van der Waals surface area contributed by atoms with Crippen LogP contribution in [0, 0.1) is 19.7 Å². The molecule has 0 spiro atoms. The van der Waals surface area contributed by atoms with Gasteiger partial charge in [-0.3, -0.25) is 9.59 Å². The Morgan fingerprint density at radius 1 is 1.07 bits per heavy atom. The van der Waals surface area contributed by atoms with E-state index in [1.807, 2.05) is 24.3 Å². The van der Waals surface area contributed by atoms with E-state index in [1.54, 1.807) is 0 Å². The molecule has 0 bridgehead atoms. The maximum atomic E-state index is 13.9. The zero-order chi connectivity index (χ0) is 30.9. The number of carbonyl (C=O) groups is 2. The van der Waals surface area contributed by atoms with Crippen LogP contribution < -0.4 is 14.8 Å². The Morgan fingerprint density at radius 3 is 2.37 bits per heavy atom. The summed E-state index contributed by atoms with van der Waals surface area (Å²) in [7, 11) is 0. The van der Waals surface area contributed by atoms with Crippen LogP contribution in [0.4, 0.5) is 4.39 Å². The lowest BCUT2D eigenvalue weighted by atomic mass is 9.93. The monoisotopic (exact) mass is 628 g/mol. The number of halogens is 3. The Balaban J connectivity index is 0.00000135. The zero-order valence-corrected chi connectivity index (χ0v) is 25.7. The van der Waals surface area contributed by atoms with Crippen molar-refractivity contribution in [3.8, 4) is 11.5 Å². The summed E-state index contributed by atoms with van der Waals surface area (Å²) < 4.78 is 24.8. The van der Waals surface area contributed by atoms with Crippen molar-refractivity contribution < 1.29 is 28.6 Å². The van der Waals surface area contributed by atoms with Gasteiger partial charge in [-0.05, 0) is 91.7 Å². The minimum atomic E-state index is -0.519. The molecule has 1 aliphatic heterocycles. The van der Waals surface area contributed by atoms with Gasteiger partial charge in [-0.2, -0.15) is 0 Å². The summed E-state index contributed by atoms with van der Waals surface area (Å²) in [6.07, 6.45) is 2.90. The molecule has 0 saturated heterocycles. The van der Waals surface area contributed by atoms with E-state index in [-0.39, 0.29) is 41.4 Å². The minimum Gasteiger partial charge on any atom is -0.490 e. The predicted molar refractivity (Wildman–Crippen MR) is 166 cm³/mol. The fraction of sp³-hybridized carbons (Fsp3) is 0.333. The van der Waals surface area contributed by atoms with E-state index in [2.05, 4.69) is 42.3 Å². The van der Waals surface area contributed by atoms with E-state index < -0.39 is 5.82 Å². The highest BCUT2D eigenvalue weighted by molar-refractivity contribution is 6.37. The maximum Gasteiger partial charge on any atom is 0.290 e. The van der Waals surface area contributed by atoms with E-state index >= 15 is 0 Å². The van der Waals surface area contributed by atoms with Gasteiger partial charge in [0.2, 0.25) is 0 Å². The summed E-state index contributed by atoms with van der Waals surface area (Å²) >= 11 is 12.0. The molecular formula is C33H35Cl2FN2O5. The minimum absolute atomic E-state index is 0.115. The van der Waals surface area contributed by atoms with Crippen molar-refractivity contribution in [2.75, 3.05) is 26.3 Å². The molecule has 1 aliphatic carbocycles. The molecule has 0 unspecified atom stereocenters. The Bertz CT molecular complexity index is 1450. The summed E-state index contributed by atoms with van der Waals surface area (Å²) in [5, 5.41) is 10.5. The number of carboxylic acid groups (broad SMARTS) is 1. The first kappa shape index (κ1) is 32.3. The molecular weight excluding hydrogens is 594 g/mol. The molecule has 0 radical (unpaired) electrons. The van der Waals surface area contributed by atoms with Crippen LogP contribution in [-0.2, 0) is 16.1 Å². The van der Waals surface area contributed by atoms with Crippen molar-refractivity contribution >= 4 is 41.2 Å². The third-order valence-electron chi connectivity index (χ3n) is 7.55. The quantitative estimate of drug-likeness (QED) is 0.189. The Kier molecular flexibility index (Phi) is 11.4. The van der Waals surface area contributed by atoms with Gasteiger partial charge in [0, 0.05) is 24.7 Å². The lowest BCUT2D eigenvalue weighted by Gasteiger charge is -2.29. The molecule has 1 amide bonds. The lowest BCUT2D eigenvalue weighted by molar-refractivity contribution is -0.128. The summed E-state index contributed by atoms with van der Waals surface area (Å²) in [6.45, 7) is 6.48. The number of ether oxygens (including phenoxy) is 2. The average molecular weight is 630 g/mol. The van der Waals surface area contributed by atoms with Crippen molar-refractivity contribution in [2.24, 2.45) is 0 Å². The third kappa shape index (κ3) is 8.50. The number of hydrogen-bond donors (Lipinski definition) is 2. The normalized spacial score (nSPS) is 14.4. The number of nitrogens with zero attached hydrogens (tertiary/aromatic N) is 1. The van der Waals surface area contributed by atoms with Crippen molar-refractivity contribution in [2.45, 2.75) is 45.7 Å². The molecule has 10 heteroatoms. The van der Waals surface area contributed by atoms with Crippen molar-refractivity contribution in [1.29, 1.82) is 0 Å². The van der Waals surface area contributed by atoms with Crippen molar-refractivity contribution in [3.05, 3.63) is 98.3 Å². The van der Waals surface area contributed by atoms with Gasteiger partial charge in [-0.25, -0.2) is 4.39 Å². The van der Waals surface area contributed by atoms with E-state index in [0.717, 1.165) is 54.6 Å². The Labute approximate surface area is 261 Å². The number of hydrogen-bond acceptors (Lipinski definition) is 5. The first-order chi connectivity index (χ1) is 20.7.